The van der Waals surface area contributed by atoms with Crippen molar-refractivity contribution < 1.29 is 9.59 Å². The zero-order valence-electron chi connectivity index (χ0n) is 17.0. The molecule has 1 aromatic heterocycles. The summed E-state index contributed by atoms with van der Waals surface area (Å²) in [6.07, 6.45) is 4.20. The summed E-state index contributed by atoms with van der Waals surface area (Å²) < 4.78 is 1.69. The van der Waals surface area contributed by atoms with Gasteiger partial charge in [0.25, 0.3) is 0 Å². The highest BCUT2D eigenvalue weighted by Gasteiger charge is 2.30. The highest BCUT2D eigenvalue weighted by atomic mass is 127. The van der Waals surface area contributed by atoms with Crippen LogP contribution >= 0.6 is 24.0 Å². The van der Waals surface area contributed by atoms with Crippen LogP contribution in [0.4, 0.5) is 11.4 Å². The van der Waals surface area contributed by atoms with E-state index in [9.17, 15) is 9.59 Å². The van der Waals surface area contributed by atoms with Gasteiger partial charge in [-0.1, -0.05) is 18.2 Å². The van der Waals surface area contributed by atoms with Crippen LogP contribution < -0.4 is 15.5 Å². The van der Waals surface area contributed by atoms with E-state index in [4.69, 9.17) is 0 Å². The molecule has 2 aliphatic rings. The Kier molecular flexibility index (Phi) is 6.95. The van der Waals surface area contributed by atoms with Crippen LogP contribution in [-0.4, -0.2) is 65.7 Å². The van der Waals surface area contributed by atoms with Crippen molar-refractivity contribution in [2.24, 2.45) is 12.0 Å². The Morgan fingerprint density at radius 3 is 2.80 bits per heavy atom. The predicted molar refractivity (Wildman–Crippen MR) is 126 cm³/mol. The van der Waals surface area contributed by atoms with Crippen molar-refractivity contribution in [1.82, 2.24) is 20.0 Å². The van der Waals surface area contributed by atoms with E-state index in [0.29, 0.717) is 32.0 Å². The van der Waals surface area contributed by atoms with Crippen LogP contribution in [0.1, 0.15) is 17.9 Å². The number of para-hydroxylation sites is 1. The van der Waals surface area contributed by atoms with Crippen LogP contribution in [0.25, 0.3) is 0 Å². The number of piperazine rings is 1. The molecule has 1 unspecified atom stereocenters. The summed E-state index contributed by atoms with van der Waals surface area (Å²) in [6.45, 7) is 2.09. The molecule has 2 aromatic rings. The second-order valence-corrected chi connectivity index (χ2v) is 7.23. The van der Waals surface area contributed by atoms with E-state index in [0.717, 1.165) is 16.9 Å². The summed E-state index contributed by atoms with van der Waals surface area (Å²) in [5, 5.41) is 10.4. The quantitative estimate of drug-likeness (QED) is 0.359. The largest absolute Gasteiger partial charge is 0.356 e. The summed E-state index contributed by atoms with van der Waals surface area (Å²) >= 11 is 0. The smallest absolute Gasteiger partial charge is 0.246 e. The molecular weight excluding hydrogens is 497 g/mol. The third-order valence-corrected chi connectivity index (χ3v) is 5.36. The van der Waals surface area contributed by atoms with Gasteiger partial charge in [0, 0.05) is 45.6 Å². The summed E-state index contributed by atoms with van der Waals surface area (Å²) in [7, 11) is 3.54. The average Bonchev–Trinajstić information content (AvgIpc) is 3.28. The number of nitrogens with one attached hydrogen (secondary N) is 2. The monoisotopic (exact) mass is 523 g/mol. The fourth-order valence-corrected chi connectivity index (χ4v) is 3.90. The first-order valence-corrected chi connectivity index (χ1v) is 9.71. The number of guanidine groups is 1. The molecule has 2 aliphatic heterocycles. The maximum absolute atomic E-state index is 12.6. The van der Waals surface area contributed by atoms with Gasteiger partial charge in [-0.15, -0.1) is 24.0 Å². The van der Waals surface area contributed by atoms with Crippen molar-refractivity contribution >= 4 is 53.1 Å². The number of rotatable bonds is 4. The first kappa shape index (κ1) is 22.1. The van der Waals surface area contributed by atoms with Gasteiger partial charge >= 0.3 is 0 Å². The molecule has 0 saturated carbocycles. The molecule has 3 heterocycles. The van der Waals surface area contributed by atoms with Gasteiger partial charge in [-0.2, -0.15) is 5.10 Å². The third-order valence-electron chi connectivity index (χ3n) is 5.36. The number of fused-ring (bicyclic) bond motifs is 1. The minimum atomic E-state index is -0.166. The summed E-state index contributed by atoms with van der Waals surface area (Å²) in [4.78, 5) is 32.9. The Hall–Kier alpha value is -2.63. The first-order valence-electron chi connectivity index (χ1n) is 9.71. The zero-order valence-corrected chi connectivity index (χ0v) is 19.4. The second-order valence-electron chi connectivity index (χ2n) is 7.23. The fraction of sp³-hybridized carbons (Fsp3) is 0.400. The number of anilines is 2. The van der Waals surface area contributed by atoms with Gasteiger partial charge in [0.1, 0.15) is 6.54 Å². The lowest BCUT2D eigenvalue weighted by Gasteiger charge is -2.35. The highest BCUT2D eigenvalue weighted by Crippen LogP contribution is 2.33. The molecule has 9 nitrogen and oxygen atoms in total. The molecule has 0 radical (unpaired) electrons. The molecule has 1 fully saturated rings. The number of aliphatic imine (C=N–C) groups is 1. The molecule has 30 heavy (non-hydrogen) atoms. The molecule has 4 rings (SSSR count). The second kappa shape index (κ2) is 9.45. The van der Waals surface area contributed by atoms with E-state index in [1.165, 1.54) is 0 Å². The molecule has 0 aliphatic carbocycles. The molecule has 2 N–H and O–H groups in total. The molecule has 1 atom stereocenters. The van der Waals surface area contributed by atoms with Gasteiger partial charge in [0.05, 0.1) is 17.8 Å². The summed E-state index contributed by atoms with van der Waals surface area (Å²) in [5.41, 5.74) is 2.74. The number of hydrogen-bond acceptors (Lipinski definition) is 4. The standard InChI is InChI=1S/C20H25N7O2.HI/c1-21-20(22-8-7-16-15-5-3-4-6-17(15)24-19(16)29)26-9-10-27(18(28)13-26)14-11-23-25(2)12-14;/h3-6,11-12,16H,7-10,13H2,1-2H3,(H,21,22)(H,24,29);1H. The van der Waals surface area contributed by atoms with E-state index >= 15 is 0 Å². The normalized spacial score (nSPS) is 18.7. The fourth-order valence-electron chi connectivity index (χ4n) is 3.90. The van der Waals surface area contributed by atoms with Crippen LogP contribution in [-0.2, 0) is 16.6 Å². The van der Waals surface area contributed by atoms with Gasteiger partial charge in [-0.05, 0) is 18.1 Å². The molecule has 160 valence electrons. The van der Waals surface area contributed by atoms with Gasteiger partial charge in [0.2, 0.25) is 11.8 Å². The number of nitrogens with zero attached hydrogens (tertiary/aromatic N) is 5. The SMILES string of the molecule is CN=C(NCCC1C(=O)Nc2ccccc21)N1CCN(c2cnn(C)c2)C(=O)C1.I. The number of amides is 2. The number of hydrogen-bond donors (Lipinski definition) is 2. The van der Waals surface area contributed by atoms with E-state index in [2.05, 4.69) is 20.7 Å². The van der Waals surface area contributed by atoms with Crippen LogP contribution in [0.2, 0.25) is 0 Å². The first-order chi connectivity index (χ1) is 14.1. The number of carbonyl (C=O) groups is 2. The predicted octanol–water partition coefficient (Wildman–Crippen LogP) is 1.39. The van der Waals surface area contributed by atoms with Crippen LogP contribution in [0.3, 0.4) is 0 Å². The Morgan fingerprint density at radius 2 is 2.10 bits per heavy atom. The molecule has 1 saturated heterocycles. The lowest BCUT2D eigenvalue weighted by Crippen LogP contribution is -2.55. The average molecular weight is 523 g/mol. The molecule has 2 amide bonds. The van der Waals surface area contributed by atoms with E-state index in [1.807, 2.05) is 42.4 Å². The van der Waals surface area contributed by atoms with E-state index in [1.54, 1.807) is 22.8 Å². The summed E-state index contributed by atoms with van der Waals surface area (Å²) in [5.74, 6) is 0.552. The Labute approximate surface area is 192 Å². The van der Waals surface area contributed by atoms with Gasteiger partial charge in [-0.3, -0.25) is 19.3 Å². The van der Waals surface area contributed by atoms with Crippen molar-refractivity contribution in [2.45, 2.75) is 12.3 Å². The molecule has 10 heteroatoms. The van der Waals surface area contributed by atoms with Gasteiger partial charge in [0.15, 0.2) is 5.96 Å². The molecule has 1 aromatic carbocycles. The lowest BCUT2D eigenvalue weighted by molar-refractivity contribution is -0.120. The third kappa shape index (κ3) is 4.42. The van der Waals surface area contributed by atoms with E-state index < -0.39 is 0 Å². The van der Waals surface area contributed by atoms with Crippen molar-refractivity contribution in [2.75, 3.05) is 43.4 Å². The topological polar surface area (TPSA) is 94.9 Å². The lowest BCUT2D eigenvalue weighted by atomic mass is 9.97. The minimum Gasteiger partial charge on any atom is -0.356 e. The minimum absolute atomic E-state index is 0. The molecule has 0 bridgehead atoms. The number of aromatic nitrogens is 2. The zero-order chi connectivity index (χ0) is 20.4. The Bertz CT molecular complexity index is 958. The Balaban J connectivity index is 0.00000256. The van der Waals surface area contributed by atoms with Crippen molar-refractivity contribution in [3.05, 3.63) is 42.2 Å². The highest BCUT2D eigenvalue weighted by molar-refractivity contribution is 14.0. The maximum Gasteiger partial charge on any atom is 0.246 e. The molecular formula is C20H26IN7O2. The van der Waals surface area contributed by atoms with Crippen LogP contribution in [0.15, 0.2) is 41.7 Å². The molecule has 0 spiro atoms. The number of benzene rings is 1. The maximum atomic E-state index is 12.6. The van der Waals surface area contributed by atoms with Crippen LogP contribution in [0.5, 0.6) is 0 Å². The Morgan fingerprint density at radius 1 is 1.30 bits per heavy atom. The number of aryl methyl sites for hydroxylation is 1. The summed E-state index contributed by atoms with van der Waals surface area (Å²) in [6, 6.07) is 7.78. The number of carbonyl (C=O) groups excluding carboxylic acids is 2. The van der Waals surface area contributed by atoms with Crippen LogP contribution in [0, 0.1) is 0 Å². The van der Waals surface area contributed by atoms with E-state index in [-0.39, 0.29) is 48.3 Å². The van der Waals surface area contributed by atoms with Gasteiger partial charge < -0.3 is 20.4 Å². The van der Waals surface area contributed by atoms with Crippen molar-refractivity contribution in [3.63, 3.8) is 0 Å². The number of halogens is 1. The van der Waals surface area contributed by atoms with Crippen molar-refractivity contribution in [3.8, 4) is 0 Å². The van der Waals surface area contributed by atoms with Gasteiger partial charge in [-0.25, -0.2) is 0 Å². The van der Waals surface area contributed by atoms with Crippen molar-refractivity contribution in [1.29, 1.82) is 0 Å².